The predicted molar refractivity (Wildman–Crippen MR) is 96.1 cm³/mol. The summed E-state index contributed by atoms with van der Waals surface area (Å²) >= 11 is 0. The van der Waals surface area contributed by atoms with Gasteiger partial charge in [-0.15, -0.1) is 12.4 Å². The van der Waals surface area contributed by atoms with Gasteiger partial charge in [-0.2, -0.15) is 0 Å². The van der Waals surface area contributed by atoms with E-state index >= 15 is 0 Å². The molecule has 0 saturated heterocycles. The van der Waals surface area contributed by atoms with E-state index in [2.05, 4.69) is 10.0 Å². The molecule has 0 bridgehead atoms. The zero-order valence-electron chi connectivity index (χ0n) is 13.5. The second-order valence-electron chi connectivity index (χ2n) is 5.74. The fraction of sp³-hybridized carbons (Fsp3) is 0.250. The minimum atomic E-state index is -3.73. The Morgan fingerprint density at radius 2 is 1.88 bits per heavy atom. The van der Waals surface area contributed by atoms with Crippen molar-refractivity contribution in [3.05, 3.63) is 68.8 Å². The second-order valence-corrected chi connectivity index (χ2v) is 7.47. The van der Waals surface area contributed by atoms with Gasteiger partial charge in [0, 0.05) is 31.8 Å². The molecule has 0 atom stereocenters. The summed E-state index contributed by atoms with van der Waals surface area (Å²) in [4.78, 5) is 10.3. The molecule has 0 spiro atoms. The average molecular weight is 384 g/mol. The van der Waals surface area contributed by atoms with Crippen molar-refractivity contribution in [3.8, 4) is 0 Å². The fourth-order valence-corrected chi connectivity index (χ4v) is 4.01. The lowest BCUT2D eigenvalue weighted by Gasteiger charge is -2.10. The number of non-ortho nitro benzene ring substituents is 1. The minimum Gasteiger partial charge on any atom is -0.309 e. The first-order valence-corrected chi connectivity index (χ1v) is 8.91. The smallest absolute Gasteiger partial charge is 0.269 e. The van der Waals surface area contributed by atoms with Crippen LogP contribution < -0.4 is 10.0 Å². The van der Waals surface area contributed by atoms with Crippen LogP contribution in [-0.2, 0) is 29.7 Å². The van der Waals surface area contributed by atoms with Gasteiger partial charge in [0.05, 0.1) is 9.82 Å². The Kier molecular flexibility index (Phi) is 5.79. The van der Waals surface area contributed by atoms with Gasteiger partial charge in [0.15, 0.2) is 0 Å². The van der Waals surface area contributed by atoms with Crippen molar-refractivity contribution in [2.24, 2.45) is 0 Å². The van der Waals surface area contributed by atoms with Gasteiger partial charge in [-0.25, -0.2) is 13.1 Å². The van der Waals surface area contributed by atoms with Crippen molar-refractivity contribution in [3.63, 3.8) is 0 Å². The molecule has 0 radical (unpaired) electrons. The molecule has 1 aliphatic heterocycles. The molecule has 0 aliphatic carbocycles. The number of fused-ring (bicyclic) bond motifs is 1. The molecule has 25 heavy (non-hydrogen) atoms. The Balaban J connectivity index is 0.00000225. The third-order valence-electron chi connectivity index (χ3n) is 4.03. The number of halogens is 1. The quantitative estimate of drug-likeness (QED) is 0.609. The van der Waals surface area contributed by atoms with Gasteiger partial charge < -0.3 is 5.32 Å². The zero-order chi connectivity index (χ0) is 17.3. The van der Waals surface area contributed by atoms with Gasteiger partial charge in [-0.3, -0.25) is 10.1 Å². The highest BCUT2D eigenvalue weighted by Gasteiger charge is 2.19. The molecule has 9 heteroatoms. The summed E-state index contributed by atoms with van der Waals surface area (Å²) in [5.41, 5.74) is 3.50. The number of nitro benzene ring substituents is 1. The van der Waals surface area contributed by atoms with E-state index in [1.807, 2.05) is 18.2 Å². The van der Waals surface area contributed by atoms with Crippen molar-refractivity contribution < 1.29 is 13.3 Å². The van der Waals surface area contributed by atoms with Crippen LogP contribution in [0.2, 0.25) is 0 Å². The van der Waals surface area contributed by atoms with Gasteiger partial charge in [0.2, 0.25) is 10.0 Å². The summed E-state index contributed by atoms with van der Waals surface area (Å²) < 4.78 is 27.5. The molecule has 0 aromatic heterocycles. The van der Waals surface area contributed by atoms with Gasteiger partial charge in [0.1, 0.15) is 0 Å². The van der Waals surface area contributed by atoms with Crippen molar-refractivity contribution >= 4 is 28.1 Å². The molecule has 1 heterocycles. The van der Waals surface area contributed by atoms with Crippen LogP contribution in [0.15, 0.2) is 41.3 Å². The van der Waals surface area contributed by atoms with E-state index in [1.165, 1.54) is 29.3 Å². The first-order chi connectivity index (χ1) is 11.4. The number of benzene rings is 2. The Morgan fingerprint density at radius 1 is 1.16 bits per heavy atom. The van der Waals surface area contributed by atoms with Crippen molar-refractivity contribution in [1.82, 2.24) is 10.0 Å². The second kappa shape index (κ2) is 7.49. The topological polar surface area (TPSA) is 101 Å². The van der Waals surface area contributed by atoms with E-state index in [0.29, 0.717) is 5.56 Å². The molecule has 0 unspecified atom stereocenters. The lowest BCUT2D eigenvalue weighted by atomic mass is 10.1. The highest BCUT2D eigenvalue weighted by molar-refractivity contribution is 7.89. The van der Waals surface area contributed by atoms with Crippen molar-refractivity contribution in [2.45, 2.75) is 31.5 Å². The van der Waals surface area contributed by atoms with Crippen LogP contribution in [0.25, 0.3) is 0 Å². The van der Waals surface area contributed by atoms with E-state index in [1.54, 1.807) is 6.92 Å². The molecule has 7 nitrogen and oxygen atoms in total. The number of hydrogen-bond donors (Lipinski definition) is 2. The van der Waals surface area contributed by atoms with E-state index in [4.69, 9.17) is 0 Å². The van der Waals surface area contributed by atoms with Crippen LogP contribution >= 0.6 is 12.4 Å². The first kappa shape index (κ1) is 19.3. The Morgan fingerprint density at radius 3 is 2.56 bits per heavy atom. The standard InChI is InChI=1S/C16H17N3O4S.ClH/c1-11-6-15(19(20)21)4-5-16(11)24(22,23)18-8-12-2-3-13-9-17-10-14(13)7-12;/h2-7,17-18H,8-10H2,1H3;1H. The Bertz CT molecular complexity index is 916. The SMILES string of the molecule is Cc1cc([N+](=O)[O-])ccc1S(=O)(=O)NCc1ccc2c(c1)CNC2.Cl. The van der Waals surface area contributed by atoms with Crippen LogP contribution in [0, 0.1) is 17.0 Å². The van der Waals surface area contributed by atoms with Gasteiger partial charge in [0.25, 0.3) is 5.69 Å². The Hall–Kier alpha value is -2.00. The number of rotatable bonds is 5. The van der Waals surface area contributed by atoms with E-state index in [0.717, 1.165) is 18.7 Å². The normalized spacial score (nSPS) is 13.2. The number of aryl methyl sites for hydroxylation is 1. The van der Waals surface area contributed by atoms with Gasteiger partial charge in [-0.05, 0) is 35.2 Å². The lowest BCUT2D eigenvalue weighted by Crippen LogP contribution is -2.24. The highest BCUT2D eigenvalue weighted by atomic mass is 35.5. The molecule has 0 fully saturated rings. The summed E-state index contributed by atoms with van der Waals surface area (Å²) in [6, 6.07) is 9.61. The van der Waals surface area contributed by atoms with Crippen molar-refractivity contribution in [1.29, 1.82) is 0 Å². The number of sulfonamides is 1. The third-order valence-corrected chi connectivity index (χ3v) is 5.59. The summed E-state index contributed by atoms with van der Waals surface area (Å²) in [6.45, 7) is 3.34. The average Bonchev–Trinajstić information content (AvgIpc) is 3.00. The first-order valence-electron chi connectivity index (χ1n) is 7.43. The van der Waals surface area contributed by atoms with Crippen LogP contribution in [0.3, 0.4) is 0 Å². The van der Waals surface area contributed by atoms with E-state index < -0.39 is 14.9 Å². The van der Waals surface area contributed by atoms with Crippen LogP contribution in [-0.4, -0.2) is 13.3 Å². The molecule has 3 rings (SSSR count). The molecule has 2 N–H and O–H groups in total. The molecule has 1 aliphatic rings. The van der Waals surface area contributed by atoms with Crippen LogP contribution in [0.1, 0.15) is 22.3 Å². The predicted octanol–water partition coefficient (Wildman–Crippen LogP) is 2.41. The molecule has 0 saturated carbocycles. The van der Waals surface area contributed by atoms with Crippen LogP contribution in [0.5, 0.6) is 0 Å². The molecular formula is C16H18ClN3O4S. The number of nitro groups is 1. The maximum Gasteiger partial charge on any atom is 0.269 e. The zero-order valence-corrected chi connectivity index (χ0v) is 15.1. The Labute approximate surface area is 152 Å². The van der Waals surface area contributed by atoms with Crippen LogP contribution in [0.4, 0.5) is 5.69 Å². The molecule has 134 valence electrons. The summed E-state index contributed by atoms with van der Waals surface area (Å²) in [5, 5.41) is 14.0. The van der Waals surface area contributed by atoms with Crippen molar-refractivity contribution in [2.75, 3.05) is 0 Å². The summed E-state index contributed by atoms with van der Waals surface area (Å²) in [6.07, 6.45) is 0. The molecule has 0 amide bonds. The lowest BCUT2D eigenvalue weighted by molar-refractivity contribution is -0.385. The van der Waals surface area contributed by atoms with Gasteiger partial charge in [-0.1, -0.05) is 18.2 Å². The fourth-order valence-electron chi connectivity index (χ4n) is 2.76. The molecular weight excluding hydrogens is 366 g/mol. The molecule has 2 aromatic carbocycles. The minimum absolute atomic E-state index is 0. The summed E-state index contributed by atoms with van der Waals surface area (Å²) in [5.74, 6) is 0. The monoisotopic (exact) mass is 383 g/mol. The molecule has 2 aromatic rings. The highest BCUT2D eigenvalue weighted by Crippen LogP contribution is 2.22. The van der Waals surface area contributed by atoms with Gasteiger partial charge >= 0.3 is 0 Å². The number of hydrogen-bond acceptors (Lipinski definition) is 5. The number of nitrogens with zero attached hydrogens (tertiary/aromatic N) is 1. The van der Waals surface area contributed by atoms with E-state index in [-0.39, 0.29) is 29.5 Å². The van der Waals surface area contributed by atoms with E-state index in [9.17, 15) is 18.5 Å². The maximum atomic E-state index is 12.4. The largest absolute Gasteiger partial charge is 0.309 e. The summed E-state index contributed by atoms with van der Waals surface area (Å²) in [7, 11) is -3.73. The third kappa shape index (κ3) is 4.16. The number of nitrogens with one attached hydrogen (secondary N) is 2. The maximum absolute atomic E-state index is 12.4.